The SMILES string of the molecule is CCNC(CCc1ccccc1)c1cccc(F)c1F. The molecule has 1 N–H and O–H groups in total. The minimum atomic E-state index is -0.787. The fourth-order valence-corrected chi connectivity index (χ4v) is 2.36. The molecule has 0 aliphatic rings. The lowest BCUT2D eigenvalue weighted by Gasteiger charge is -2.19. The maximum Gasteiger partial charge on any atom is 0.163 e. The minimum absolute atomic E-state index is 0.170. The van der Waals surface area contributed by atoms with Gasteiger partial charge in [-0.05, 0) is 31.0 Å². The van der Waals surface area contributed by atoms with Gasteiger partial charge in [-0.15, -0.1) is 0 Å². The van der Waals surface area contributed by atoms with Crippen molar-refractivity contribution < 1.29 is 8.78 Å². The van der Waals surface area contributed by atoms with Gasteiger partial charge in [0.2, 0.25) is 0 Å². The minimum Gasteiger partial charge on any atom is -0.310 e. The molecule has 0 bridgehead atoms. The van der Waals surface area contributed by atoms with Gasteiger partial charge in [0.1, 0.15) is 0 Å². The molecule has 0 aromatic heterocycles. The highest BCUT2D eigenvalue weighted by Crippen LogP contribution is 2.23. The molecule has 0 aliphatic carbocycles. The van der Waals surface area contributed by atoms with Crippen LogP contribution < -0.4 is 5.32 Å². The van der Waals surface area contributed by atoms with E-state index in [1.54, 1.807) is 12.1 Å². The molecule has 0 aliphatic heterocycles. The van der Waals surface area contributed by atoms with E-state index in [9.17, 15) is 8.78 Å². The standard InChI is InChI=1S/C17H19F2N/c1-2-20-16(12-11-13-7-4-3-5-8-13)14-9-6-10-15(18)17(14)19/h3-10,16,20H,2,11-12H2,1H3. The van der Waals surface area contributed by atoms with Crippen molar-refractivity contribution in [2.24, 2.45) is 0 Å². The van der Waals surface area contributed by atoms with Gasteiger partial charge in [0.05, 0.1) is 0 Å². The maximum absolute atomic E-state index is 13.9. The van der Waals surface area contributed by atoms with E-state index in [1.807, 2.05) is 37.3 Å². The zero-order valence-corrected chi connectivity index (χ0v) is 11.6. The zero-order valence-electron chi connectivity index (χ0n) is 11.6. The molecule has 2 aromatic carbocycles. The van der Waals surface area contributed by atoms with E-state index < -0.39 is 11.6 Å². The summed E-state index contributed by atoms with van der Waals surface area (Å²) in [6, 6.07) is 14.2. The number of aryl methyl sites for hydroxylation is 1. The van der Waals surface area contributed by atoms with Crippen LogP contribution in [-0.2, 0) is 6.42 Å². The third-order valence-corrected chi connectivity index (χ3v) is 3.37. The monoisotopic (exact) mass is 275 g/mol. The molecule has 1 unspecified atom stereocenters. The van der Waals surface area contributed by atoms with Gasteiger partial charge in [0.15, 0.2) is 11.6 Å². The summed E-state index contributed by atoms with van der Waals surface area (Å²) in [5.74, 6) is -1.53. The molecule has 0 radical (unpaired) electrons. The van der Waals surface area contributed by atoms with Crippen molar-refractivity contribution in [3.05, 3.63) is 71.3 Å². The van der Waals surface area contributed by atoms with Crippen molar-refractivity contribution in [2.45, 2.75) is 25.8 Å². The number of rotatable bonds is 6. The molecule has 3 heteroatoms. The summed E-state index contributed by atoms with van der Waals surface area (Å²) in [6.45, 7) is 2.68. The topological polar surface area (TPSA) is 12.0 Å². The van der Waals surface area contributed by atoms with E-state index in [0.717, 1.165) is 25.5 Å². The Morgan fingerprint density at radius 3 is 2.45 bits per heavy atom. The highest BCUT2D eigenvalue weighted by Gasteiger charge is 2.17. The summed E-state index contributed by atoms with van der Waals surface area (Å²) in [7, 11) is 0. The van der Waals surface area contributed by atoms with Gasteiger partial charge in [-0.1, -0.05) is 49.4 Å². The average molecular weight is 275 g/mol. The lowest BCUT2D eigenvalue weighted by atomic mass is 9.98. The molecule has 1 nitrogen and oxygen atoms in total. The molecule has 0 spiro atoms. The number of hydrogen-bond donors (Lipinski definition) is 1. The average Bonchev–Trinajstić information content (AvgIpc) is 2.48. The molecule has 0 fully saturated rings. The van der Waals surface area contributed by atoms with Gasteiger partial charge in [-0.3, -0.25) is 0 Å². The van der Waals surface area contributed by atoms with Crippen molar-refractivity contribution in [1.29, 1.82) is 0 Å². The van der Waals surface area contributed by atoms with E-state index >= 15 is 0 Å². The van der Waals surface area contributed by atoms with Crippen LogP contribution in [0, 0.1) is 11.6 Å². The quantitative estimate of drug-likeness (QED) is 0.831. The second-order valence-electron chi connectivity index (χ2n) is 4.78. The Labute approximate surface area is 118 Å². The van der Waals surface area contributed by atoms with Crippen LogP contribution in [0.25, 0.3) is 0 Å². The molecule has 1 atom stereocenters. The first kappa shape index (κ1) is 14.7. The van der Waals surface area contributed by atoms with Gasteiger partial charge in [0.25, 0.3) is 0 Å². The maximum atomic E-state index is 13.9. The van der Waals surface area contributed by atoms with E-state index in [1.165, 1.54) is 5.56 Å². The Morgan fingerprint density at radius 1 is 1.00 bits per heavy atom. The van der Waals surface area contributed by atoms with E-state index in [-0.39, 0.29) is 6.04 Å². The Kier molecular flexibility index (Phi) is 5.24. The number of hydrogen-bond acceptors (Lipinski definition) is 1. The summed E-state index contributed by atoms with van der Waals surface area (Å²) in [6.07, 6.45) is 1.56. The van der Waals surface area contributed by atoms with Crippen molar-refractivity contribution >= 4 is 0 Å². The smallest absolute Gasteiger partial charge is 0.163 e. The van der Waals surface area contributed by atoms with Gasteiger partial charge in [-0.2, -0.15) is 0 Å². The van der Waals surface area contributed by atoms with Crippen molar-refractivity contribution in [2.75, 3.05) is 6.54 Å². The normalized spacial score (nSPS) is 12.3. The van der Waals surface area contributed by atoms with Crippen LogP contribution in [0.5, 0.6) is 0 Å². The van der Waals surface area contributed by atoms with Crippen LogP contribution in [-0.4, -0.2) is 6.54 Å². The number of halogens is 2. The second-order valence-corrected chi connectivity index (χ2v) is 4.78. The van der Waals surface area contributed by atoms with Crippen LogP contribution in [0.4, 0.5) is 8.78 Å². The molecule has 20 heavy (non-hydrogen) atoms. The molecule has 106 valence electrons. The lowest BCUT2D eigenvalue weighted by Crippen LogP contribution is -2.23. The molecule has 0 amide bonds. The first-order chi connectivity index (χ1) is 9.72. The van der Waals surface area contributed by atoms with E-state index in [4.69, 9.17) is 0 Å². The number of benzene rings is 2. The van der Waals surface area contributed by atoms with E-state index in [2.05, 4.69) is 5.32 Å². The molecule has 2 aromatic rings. The molecule has 0 heterocycles. The second kappa shape index (κ2) is 7.15. The van der Waals surface area contributed by atoms with Crippen molar-refractivity contribution in [3.63, 3.8) is 0 Å². The van der Waals surface area contributed by atoms with Crippen LogP contribution in [0.1, 0.15) is 30.5 Å². The molecular weight excluding hydrogens is 256 g/mol. The first-order valence-corrected chi connectivity index (χ1v) is 6.93. The Bertz CT molecular complexity index is 540. The summed E-state index contributed by atoms with van der Waals surface area (Å²) in [4.78, 5) is 0. The predicted octanol–water partition coefficient (Wildman–Crippen LogP) is 4.25. The largest absolute Gasteiger partial charge is 0.310 e. The molecular formula is C17H19F2N. The summed E-state index contributed by atoms with van der Waals surface area (Å²) in [5, 5.41) is 3.23. The Morgan fingerprint density at radius 2 is 1.75 bits per heavy atom. The van der Waals surface area contributed by atoms with Crippen LogP contribution >= 0.6 is 0 Å². The van der Waals surface area contributed by atoms with Gasteiger partial charge < -0.3 is 5.32 Å². The van der Waals surface area contributed by atoms with E-state index in [0.29, 0.717) is 5.56 Å². The fourth-order valence-electron chi connectivity index (χ4n) is 2.36. The van der Waals surface area contributed by atoms with Crippen LogP contribution in [0.3, 0.4) is 0 Å². The van der Waals surface area contributed by atoms with Crippen LogP contribution in [0.2, 0.25) is 0 Å². The fraction of sp³-hybridized carbons (Fsp3) is 0.294. The zero-order chi connectivity index (χ0) is 14.4. The Balaban J connectivity index is 2.12. The lowest BCUT2D eigenvalue weighted by molar-refractivity contribution is 0.452. The first-order valence-electron chi connectivity index (χ1n) is 6.93. The van der Waals surface area contributed by atoms with Crippen molar-refractivity contribution in [1.82, 2.24) is 5.32 Å². The third-order valence-electron chi connectivity index (χ3n) is 3.37. The summed E-state index contributed by atoms with van der Waals surface area (Å²) >= 11 is 0. The van der Waals surface area contributed by atoms with Crippen LogP contribution in [0.15, 0.2) is 48.5 Å². The van der Waals surface area contributed by atoms with Gasteiger partial charge >= 0.3 is 0 Å². The number of nitrogens with one attached hydrogen (secondary N) is 1. The van der Waals surface area contributed by atoms with Gasteiger partial charge in [-0.25, -0.2) is 8.78 Å². The van der Waals surface area contributed by atoms with Gasteiger partial charge in [0, 0.05) is 11.6 Å². The summed E-state index contributed by atoms with van der Waals surface area (Å²) in [5.41, 5.74) is 1.61. The van der Waals surface area contributed by atoms with Crippen molar-refractivity contribution in [3.8, 4) is 0 Å². The third kappa shape index (κ3) is 3.64. The Hall–Kier alpha value is -1.74. The molecule has 0 saturated heterocycles. The predicted molar refractivity (Wildman–Crippen MR) is 77.5 cm³/mol. The molecule has 2 rings (SSSR count). The summed E-state index contributed by atoms with van der Waals surface area (Å²) < 4.78 is 27.2. The highest BCUT2D eigenvalue weighted by atomic mass is 19.2. The highest BCUT2D eigenvalue weighted by molar-refractivity contribution is 5.23. The molecule has 0 saturated carbocycles.